The summed E-state index contributed by atoms with van der Waals surface area (Å²) in [4.78, 5) is 55.2. The first-order valence-electron chi connectivity index (χ1n) is 9.14. The van der Waals surface area contributed by atoms with Crippen molar-refractivity contribution in [3.8, 4) is 0 Å². The molecule has 4 unspecified atom stereocenters. The van der Waals surface area contributed by atoms with Gasteiger partial charge in [0.05, 0.1) is 12.1 Å². The van der Waals surface area contributed by atoms with Crippen LogP contribution in [0.15, 0.2) is 0 Å². The molecular formula is C18H32N4O4S. The maximum atomic E-state index is 13.0. The van der Waals surface area contributed by atoms with Gasteiger partial charge in [0.2, 0.25) is 17.7 Å². The number of likely N-dealkylation sites (tertiary alicyclic amines) is 1. The molecule has 0 radical (unpaired) electrons. The lowest BCUT2D eigenvalue weighted by Gasteiger charge is -2.35. The lowest BCUT2D eigenvalue weighted by molar-refractivity contribution is -0.150. The van der Waals surface area contributed by atoms with E-state index in [0.717, 1.165) is 19.4 Å². The first-order chi connectivity index (χ1) is 12.6. The minimum atomic E-state index is -0.760. The summed E-state index contributed by atoms with van der Waals surface area (Å²) in [6.45, 7) is 4.08. The van der Waals surface area contributed by atoms with Crippen molar-refractivity contribution in [2.24, 2.45) is 0 Å². The van der Waals surface area contributed by atoms with Crippen LogP contribution >= 0.6 is 12.6 Å². The van der Waals surface area contributed by atoms with Crippen LogP contribution in [0.2, 0.25) is 0 Å². The van der Waals surface area contributed by atoms with Crippen molar-refractivity contribution in [2.45, 2.75) is 50.9 Å². The molecule has 3 amide bonds. The van der Waals surface area contributed by atoms with Crippen molar-refractivity contribution < 1.29 is 19.2 Å². The topological polar surface area (TPSA) is 81.2 Å². The van der Waals surface area contributed by atoms with Crippen LogP contribution in [0.4, 0.5) is 0 Å². The molecule has 27 heavy (non-hydrogen) atoms. The van der Waals surface area contributed by atoms with E-state index in [1.807, 2.05) is 11.9 Å². The molecule has 1 rings (SSSR count). The van der Waals surface area contributed by atoms with Gasteiger partial charge in [0.25, 0.3) is 0 Å². The molecule has 154 valence electrons. The molecule has 1 aliphatic heterocycles. The highest BCUT2D eigenvalue weighted by Gasteiger charge is 2.37. The Morgan fingerprint density at radius 2 is 1.70 bits per heavy atom. The summed E-state index contributed by atoms with van der Waals surface area (Å²) in [7, 11) is 6.56. The fraction of sp³-hybridized carbons (Fsp3) is 0.778. The molecule has 0 aromatic carbocycles. The van der Waals surface area contributed by atoms with Crippen LogP contribution < -0.4 is 0 Å². The Balaban J connectivity index is 2.87. The summed E-state index contributed by atoms with van der Waals surface area (Å²) in [6.07, 6.45) is 2.40. The number of rotatable bonds is 8. The lowest BCUT2D eigenvalue weighted by Crippen LogP contribution is -2.57. The van der Waals surface area contributed by atoms with Gasteiger partial charge in [-0.15, -0.1) is 0 Å². The zero-order valence-corrected chi connectivity index (χ0v) is 18.0. The number of nitrogens with zero attached hydrogens (tertiary/aromatic N) is 4. The molecule has 0 aliphatic carbocycles. The Morgan fingerprint density at radius 1 is 1.11 bits per heavy atom. The number of carbonyl (C=O) groups excluding carboxylic acids is 4. The molecule has 1 aliphatic rings. The number of likely N-dealkylation sites (N-methyl/N-ethyl adjacent to an activating group) is 4. The predicted molar refractivity (Wildman–Crippen MR) is 107 cm³/mol. The summed E-state index contributed by atoms with van der Waals surface area (Å²) in [5.41, 5.74) is 0. The van der Waals surface area contributed by atoms with E-state index in [9.17, 15) is 19.2 Å². The molecular weight excluding hydrogens is 368 g/mol. The number of hydrogen-bond acceptors (Lipinski definition) is 6. The van der Waals surface area contributed by atoms with E-state index >= 15 is 0 Å². The molecule has 1 saturated heterocycles. The third-order valence-electron chi connectivity index (χ3n) is 5.52. The molecule has 0 N–H and O–H groups in total. The fourth-order valence-corrected chi connectivity index (χ4v) is 3.56. The Hall–Kier alpha value is -1.61. The van der Waals surface area contributed by atoms with Crippen LogP contribution in [0.1, 0.15) is 26.7 Å². The largest absolute Gasteiger partial charge is 0.335 e. The average Bonchev–Trinajstić information content (AvgIpc) is 3.10. The Kier molecular flexibility index (Phi) is 8.74. The van der Waals surface area contributed by atoms with Crippen LogP contribution in [0.3, 0.4) is 0 Å². The van der Waals surface area contributed by atoms with Gasteiger partial charge >= 0.3 is 0 Å². The second-order valence-corrected chi connectivity index (χ2v) is 7.60. The second kappa shape index (κ2) is 10.1. The normalized spacial score (nSPS) is 20.5. The second-order valence-electron chi connectivity index (χ2n) is 7.24. The van der Waals surface area contributed by atoms with Crippen molar-refractivity contribution in [1.29, 1.82) is 0 Å². The van der Waals surface area contributed by atoms with E-state index in [-0.39, 0.29) is 29.5 Å². The van der Waals surface area contributed by atoms with E-state index < -0.39 is 18.1 Å². The molecule has 0 spiro atoms. The van der Waals surface area contributed by atoms with Crippen LogP contribution in [-0.2, 0) is 19.2 Å². The molecule has 0 saturated carbocycles. The minimum absolute atomic E-state index is 0.110. The van der Waals surface area contributed by atoms with Crippen molar-refractivity contribution >= 4 is 36.6 Å². The number of hydrogen-bond donors (Lipinski definition) is 1. The first kappa shape index (κ1) is 23.4. The lowest BCUT2D eigenvalue weighted by atomic mass is 10.1. The van der Waals surface area contributed by atoms with E-state index in [1.54, 1.807) is 20.9 Å². The number of thiol groups is 1. The molecule has 0 aromatic rings. The van der Waals surface area contributed by atoms with Gasteiger partial charge in [-0.3, -0.25) is 19.3 Å². The standard InChI is InChI=1S/C18H32N4O4S/c1-12(10-23)20(4)16(24)13(2)21(5)18(26)15(11-27)22(6)17(25)14-8-7-9-19(14)3/h10,12-15,27H,7-9,11H2,1-6H3. The van der Waals surface area contributed by atoms with Crippen molar-refractivity contribution in [3.63, 3.8) is 0 Å². The molecule has 1 heterocycles. The zero-order chi connectivity index (χ0) is 20.9. The molecule has 8 nitrogen and oxygen atoms in total. The molecule has 4 atom stereocenters. The van der Waals surface area contributed by atoms with Crippen LogP contribution in [0.5, 0.6) is 0 Å². The Bertz CT molecular complexity index is 574. The zero-order valence-electron chi connectivity index (χ0n) is 17.1. The first-order valence-corrected chi connectivity index (χ1v) is 9.78. The summed E-state index contributed by atoms with van der Waals surface area (Å²) >= 11 is 4.26. The van der Waals surface area contributed by atoms with E-state index in [2.05, 4.69) is 12.6 Å². The monoisotopic (exact) mass is 400 g/mol. The minimum Gasteiger partial charge on any atom is -0.335 e. The maximum Gasteiger partial charge on any atom is 0.246 e. The van der Waals surface area contributed by atoms with Gasteiger partial charge in [0.1, 0.15) is 18.4 Å². The van der Waals surface area contributed by atoms with Crippen LogP contribution in [0, 0.1) is 0 Å². The molecule has 1 fully saturated rings. The van der Waals surface area contributed by atoms with E-state index in [0.29, 0.717) is 6.29 Å². The average molecular weight is 401 g/mol. The predicted octanol–water partition coefficient (Wildman–Crippen LogP) is -0.270. The Morgan fingerprint density at radius 3 is 2.15 bits per heavy atom. The third kappa shape index (κ3) is 5.22. The smallest absolute Gasteiger partial charge is 0.246 e. The van der Waals surface area contributed by atoms with Gasteiger partial charge in [-0.2, -0.15) is 12.6 Å². The summed E-state index contributed by atoms with van der Waals surface area (Å²) in [5, 5.41) is 0. The van der Waals surface area contributed by atoms with Crippen LogP contribution in [-0.4, -0.2) is 108 Å². The summed E-state index contributed by atoms with van der Waals surface area (Å²) < 4.78 is 0. The van der Waals surface area contributed by atoms with Gasteiger partial charge in [0, 0.05) is 26.9 Å². The summed E-state index contributed by atoms with van der Waals surface area (Å²) in [5.74, 6) is -0.646. The fourth-order valence-electron chi connectivity index (χ4n) is 3.16. The number of aldehydes is 1. The van der Waals surface area contributed by atoms with Gasteiger partial charge in [-0.25, -0.2) is 0 Å². The maximum absolute atomic E-state index is 13.0. The number of carbonyl (C=O) groups is 4. The van der Waals surface area contributed by atoms with Gasteiger partial charge in [-0.1, -0.05) is 0 Å². The van der Waals surface area contributed by atoms with Gasteiger partial charge < -0.3 is 19.5 Å². The van der Waals surface area contributed by atoms with Crippen molar-refractivity contribution in [3.05, 3.63) is 0 Å². The number of amides is 3. The highest BCUT2D eigenvalue weighted by atomic mass is 32.1. The van der Waals surface area contributed by atoms with Gasteiger partial charge in [0.15, 0.2) is 0 Å². The molecule has 9 heteroatoms. The SMILES string of the molecule is CC(C=O)N(C)C(=O)C(C)N(C)C(=O)C(CS)N(C)C(=O)C1CCCN1C. The van der Waals surface area contributed by atoms with Crippen molar-refractivity contribution in [1.82, 2.24) is 19.6 Å². The molecule has 0 bridgehead atoms. The highest BCUT2D eigenvalue weighted by Crippen LogP contribution is 2.19. The highest BCUT2D eigenvalue weighted by molar-refractivity contribution is 7.80. The summed E-state index contributed by atoms with van der Waals surface area (Å²) in [6, 6.07) is -2.32. The van der Waals surface area contributed by atoms with E-state index in [4.69, 9.17) is 0 Å². The Labute approximate surface area is 167 Å². The van der Waals surface area contributed by atoms with Crippen molar-refractivity contribution in [2.75, 3.05) is 40.5 Å². The van der Waals surface area contributed by atoms with Gasteiger partial charge in [-0.05, 0) is 40.3 Å². The molecule has 0 aromatic heterocycles. The third-order valence-corrected chi connectivity index (χ3v) is 5.87. The van der Waals surface area contributed by atoms with Crippen LogP contribution in [0.25, 0.3) is 0 Å². The van der Waals surface area contributed by atoms with E-state index in [1.165, 1.54) is 28.8 Å². The quantitative estimate of drug-likeness (QED) is 0.448.